The van der Waals surface area contributed by atoms with Gasteiger partial charge in [0.2, 0.25) is 10.0 Å². The molecule has 0 saturated heterocycles. The van der Waals surface area contributed by atoms with Crippen molar-refractivity contribution in [2.24, 2.45) is 5.73 Å². The summed E-state index contributed by atoms with van der Waals surface area (Å²) < 4.78 is 28.5. The van der Waals surface area contributed by atoms with E-state index in [9.17, 15) is 8.42 Å². The number of nitrogens with one attached hydrogen (secondary N) is 1. The zero-order chi connectivity index (χ0) is 13.9. The van der Waals surface area contributed by atoms with Crippen LogP contribution in [0.4, 0.5) is 0 Å². The first-order valence-electron chi connectivity index (χ1n) is 5.65. The quantitative estimate of drug-likeness (QED) is 0.787. The van der Waals surface area contributed by atoms with E-state index in [1.54, 1.807) is 29.4 Å². The number of hydrogen-bond donors (Lipinski definition) is 2. The third-order valence-electron chi connectivity index (χ3n) is 2.55. The van der Waals surface area contributed by atoms with E-state index in [1.165, 1.54) is 11.3 Å². The van der Waals surface area contributed by atoms with Crippen LogP contribution < -0.4 is 10.5 Å². The molecule has 3 N–H and O–H groups in total. The number of nitrogens with two attached hydrogens (primary N) is 1. The zero-order valence-electron chi connectivity index (χ0n) is 10.4. The van der Waals surface area contributed by atoms with Crippen molar-refractivity contribution in [1.82, 2.24) is 19.7 Å². The van der Waals surface area contributed by atoms with Gasteiger partial charge >= 0.3 is 0 Å². The lowest BCUT2D eigenvalue weighted by Gasteiger charge is -2.08. The lowest BCUT2D eigenvalue weighted by atomic mass is 10.3. The van der Waals surface area contributed by atoms with E-state index in [2.05, 4.69) is 15.0 Å². The van der Waals surface area contributed by atoms with Crippen LogP contribution in [-0.2, 0) is 23.1 Å². The van der Waals surface area contributed by atoms with Crippen LogP contribution in [0, 0.1) is 6.92 Å². The molecule has 0 unspecified atom stereocenters. The Hall–Kier alpha value is -1.29. The minimum atomic E-state index is -3.52. The molecule has 2 aromatic rings. The Morgan fingerprint density at radius 3 is 2.95 bits per heavy atom. The Kier molecular flexibility index (Phi) is 4.30. The Morgan fingerprint density at radius 2 is 2.32 bits per heavy atom. The van der Waals surface area contributed by atoms with E-state index >= 15 is 0 Å². The van der Waals surface area contributed by atoms with Gasteiger partial charge in [0.25, 0.3) is 0 Å². The Bertz CT molecular complexity index is 633. The van der Waals surface area contributed by atoms with E-state index in [0.717, 1.165) is 5.56 Å². The largest absolute Gasteiger partial charge is 0.326 e. The van der Waals surface area contributed by atoms with Crippen molar-refractivity contribution in [2.45, 2.75) is 24.9 Å². The lowest BCUT2D eigenvalue weighted by Crippen LogP contribution is -2.28. The molecule has 0 aliphatic rings. The number of aryl methyl sites for hydroxylation is 1. The molecule has 0 aromatic carbocycles. The summed E-state index contributed by atoms with van der Waals surface area (Å²) in [6.45, 7) is 2.67. The predicted molar refractivity (Wildman–Crippen MR) is 72.2 cm³/mol. The topological polar surface area (TPSA) is 103 Å². The molecule has 0 saturated carbocycles. The molecule has 0 radical (unpaired) electrons. The van der Waals surface area contributed by atoms with Gasteiger partial charge in [-0.05, 0) is 17.9 Å². The molecule has 0 bridgehead atoms. The van der Waals surface area contributed by atoms with E-state index < -0.39 is 10.0 Å². The highest BCUT2D eigenvalue weighted by atomic mass is 32.2. The predicted octanol–water partition coefficient (Wildman–Crippen LogP) is 0.0852. The molecule has 0 aliphatic heterocycles. The minimum Gasteiger partial charge on any atom is -0.326 e. The molecule has 0 spiro atoms. The smallest absolute Gasteiger partial charge is 0.242 e. The van der Waals surface area contributed by atoms with Crippen LogP contribution in [0.15, 0.2) is 22.7 Å². The van der Waals surface area contributed by atoms with E-state index in [0.29, 0.717) is 16.3 Å². The number of hydrogen-bond acceptors (Lipinski definition) is 6. The number of nitrogens with zero attached hydrogens (tertiary/aromatic N) is 3. The highest BCUT2D eigenvalue weighted by Crippen LogP contribution is 2.26. The van der Waals surface area contributed by atoms with Gasteiger partial charge < -0.3 is 5.73 Å². The van der Waals surface area contributed by atoms with Crippen LogP contribution >= 0.6 is 11.3 Å². The molecule has 0 amide bonds. The molecule has 19 heavy (non-hydrogen) atoms. The number of aromatic nitrogens is 3. The third-order valence-corrected chi connectivity index (χ3v) is 5.49. The maximum absolute atomic E-state index is 12.2. The molecule has 2 rings (SSSR count). The van der Waals surface area contributed by atoms with Crippen molar-refractivity contribution in [1.29, 1.82) is 0 Å². The summed E-state index contributed by atoms with van der Waals surface area (Å²) in [4.78, 5) is 0.976. The van der Waals surface area contributed by atoms with Gasteiger partial charge in [0.05, 0.1) is 12.7 Å². The third kappa shape index (κ3) is 3.18. The van der Waals surface area contributed by atoms with Gasteiger partial charge in [0.1, 0.15) is 4.90 Å². The van der Waals surface area contributed by atoms with Crippen molar-refractivity contribution < 1.29 is 8.42 Å². The van der Waals surface area contributed by atoms with Gasteiger partial charge in [-0.3, -0.25) is 4.68 Å². The first-order chi connectivity index (χ1) is 9.04. The Labute approximate surface area is 115 Å². The minimum absolute atomic E-state index is 0.220. The van der Waals surface area contributed by atoms with Gasteiger partial charge in [-0.25, -0.2) is 13.1 Å². The van der Waals surface area contributed by atoms with Gasteiger partial charge in [0, 0.05) is 24.2 Å². The normalized spacial score (nSPS) is 11.9. The first kappa shape index (κ1) is 14.1. The van der Waals surface area contributed by atoms with Gasteiger partial charge in [-0.15, -0.1) is 16.4 Å². The molecule has 7 nitrogen and oxygen atoms in total. The maximum Gasteiger partial charge on any atom is 0.242 e. The second kappa shape index (κ2) is 5.78. The molecule has 0 aliphatic carbocycles. The van der Waals surface area contributed by atoms with Crippen molar-refractivity contribution >= 4 is 21.4 Å². The summed E-state index contributed by atoms with van der Waals surface area (Å²) in [5.41, 5.74) is 6.28. The Balaban J connectivity index is 2.07. The first-order valence-corrected chi connectivity index (χ1v) is 8.01. The SMILES string of the molecule is Cc1csc(CN)c1S(=O)(=O)NCCn1ccnn1. The molecule has 0 fully saturated rings. The molecule has 2 aromatic heterocycles. The Morgan fingerprint density at radius 1 is 1.53 bits per heavy atom. The highest BCUT2D eigenvalue weighted by Gasteiger charge is 2.21. The zero-order valence-corrected chi connectivity index (χ0v) is 12.0. The van der Waals surface area contributed by atoms with Crippen molar-refractivity contribution in [3.8, 4) is 0 Å². The second-order valence-corrected chi connectivity index (χ2v) is 6.61. The van der Waals surface area contributed by atoms with Crippen LogP contribution in [0.5, 0.6) is 0 Å². The van der Waals surface area contributed by atoms with E-state index in [1.807, 2.05) is 0 Å². The van der Waals surface area contributed by atoms with Crippen LogP contribution in [0.25, 0.3) is 0 Å². The highest BCUT2D eigenvalue weighted by molar-refractivity contribution is 7.89. The standard InChI is InChI=1S/C10H15N5O2S2/c1-8-7-18-9(6-11)10(8)19(16,17)13-3-5-15-4-2-12-14-15/h2,4,7,13H,3,5-6,11H2,1H3. The average Bonchev–Trinajstić information content (AvgIpc) is 2.98. The second-order valence-electron chi connectivity index (χ2n) is 3.94. The molecular formula is C10H15N5O2S2. The molecule has 2 heterocycles. The van der Waals surface area contributed by atoms with E-state index in [-0.39, 0.29) is 13.1 Å². The van der Waals surface area contributed by atoms with Crippen LogP contribution in [0.2, 0.25) is 0 Å². The molecule has 9 heteroatoms. The summed E-state index contributed by atoms with van der Waals surface area (Å²) in [5.74, 6) is 0. The van der Waals surface area contributed by atoms with Gasteiger partial charge in [0.15, 0.2) is 0 Å². The van der Waals surface area contributed by atoms with E-state index in [4.69, 9.17) is 5.73 Å². The summed E-state index contributed by atoms with van der Waals surface area (Å²) in [6, 6.07) is 0. The molecule has 0 atom stereocenters. The number of sulfonamides is 1. The van der Waals surface area contributed by atoms with Crippen LogP contribution in [-0.4, -0.2) is 30.0 Å². The monoisotopic (exact) mass is 301 g/mol. The number of rotatable bonds is 6. The summed E-state index contributed by atoms with van der Waals surface area (Å²) >= 11 is 1.36. The number of thiophene rings is 1. The lowest BCUT2D eigenvalue weighted by molar-refractivity contribution is 0.552. The van der Waals surface area contributed by atoms with Gasteiger partial charge in [-0.2, -0.15) is 0 Å². The van der Waals surface area contributed by atoms with Crippen molar-refractivity contribution in [2.75, 3.05) is 6.54 Å². The van der Waals surface area contributed by atoms with Crippen molar-refractivity contribution in [3.05, 3.63) is 28.2 Å². The fourth-order valence-corrected chi connectivity index (χ4v) is 4.43. The van der Waals surface area contributed by atoms with Gasteiger partial charge in [-0.1, -0.05) is 5.21 Å². The van der Waals surface area contributed by atoms with Crippen LogP contribution in [0.1, 0.15) is 10.4 Å². The summed E-state index contributed by atoms with van der Waals surface area (Å²) in [5, 5.41) is 9.21. The van der Waals surface area contributed by atoms with Crippen molar-refractivity contribution in [3.63, 3.8) is 0 Å². The maximum atomic E-state index is 12.2. The fourth-order valence-electron chi connectivity index (χ4n) is 1.71. The van der Waals surface area contributed by atoms with Crippen LogP contribution in [0.3, 0.4) is 0 Å². The average molecular weight is 301 g/mol. The molecule has 104 valence electrons. The molecular weight excluding hydrogens is 286 g/mol. The summed E-state index contributed by atoms with van der Waals surface area (Å²) in [7, 11) is -3.52. The fraction of sp³-hybridized carbons (Fsp3) is 0.400. The summed E-state index contributed by atoms with van der Waals surface area (Å²) in [6.07, 6.45) is 3.22.